The first-order chi connectivity index (χ1) is 11.5. The largest absolute Gasteiger partial charge is 0.324 e. The monoisotopic (exact) mass is 383 g/mol. The summed E-state index contributed by atoms with van der Waals surface area (Å²) in [5.74, 6) is -0.384. The highest BCUT2D eigenvalue weighted by Crippen LogP contribution is 2.25. The molecule has 1 aromatic heterocycles. The Balaban J connectivity index is 2.35. The number of nitrogens with one attached hydrogen (secondary N) is 1. The van der Waals surface area contributed by atoms with Gasteiger partial charge in [0.05, 0.1) is 4.90 Å². The van der Waals surface area contributed by atoms with Gasteiger partial charge < -0.3 is 5.32 Å². The Morgan fingerprint density at radius 1 is 1.24 bits per heavy atom. The number of carbonyl (C=O) groups is 1. The maximum Gasteiger partial charge on any atom is 0.307 e. The molecule has 0 saturated heterocycles. The molecule has 0 spiro atoms. The van der Waals surface area contributed by atoms with Crippen molar-refractivity contribution < 1.29 is 13.2 Å². The van der Waals surface area contributed by atoms with Gasteiger partial charge in [0, 0.05) is 30.9 Å². The molecule has 0 fully saturated rings. The van der Waals surface area contributed by atoms with Crippen LogP contribution in [0.1, 0.15) is 16.8 Å². The van der Waals surface area contributed by atoms with E-state index in [0.29, 0.717) is 11.4 Å². The first kappa shape index (κ1) is 19.4. The third kappa shape index (κ3) is 4.00. The van der Waals surface area contributed by atoms with Crippen LogP contribution >= 0.6 is 11.3 Å². The van der Waals surface area contributed by atoms with Gasteiger partial charge in [-0.25, -0.2) is 12.7 Å². The van der Waals surface area contributed by atoms with Crippen LogP contribution < -0.4 is 10.2 Å². The molecule has 2 rings (SSSR count). The summed E-state index contributed by atoms with van der Waals surface area (Å²) >= 11 is 1.04. The van der Waals surface area contributed by atoms with Crippen LogP contribution in [0.3, 0.4) is 0 Å². The molecule has 0 unspecified atom stereocenters. The number of aromatic nitrogens is 1. The van der Waals surface area contributed by atoms with Crippen molar-refractivity contribution in [1.29, 1.82) is 0 Å². The average molecular weight is 383 g/mol. The number of carbonyl (C=O) groups excluding carboxylic acids is 1. The van der Waals surface area contributed by atoms with E-state index in [1.54, 1.807) is 32.2 Å². The minimum Gasteiger partial charge on any atom is -0.324 e. The van der Waals surface area contributed by atoms with Crippen LogP contribution in [0.2, 0.25) is 0 Å². The molecule has 2 aromatic rings. The van der Waals surface area contributed by atoms with Crippen molar-refractivity contribution in [3.8, 4) is 0 Å². The molecule has 25 heavy (non-hydrogen) atoms. The van der Waals surface area contributed by atoms with Crippen molar-refractivity contribution in [3.05, 3.63) is 44.0 Å². The third-order valence-electron chi connectivity index (χ3n) is 3.97. The first-order valence-electron chi connectivity index (χ1n) is 7.52. The summed E-state index contributed by atoms with van der Waals surface area (Å²) in [6, 6.07) is 3.02. The molecular weight excluding hydrogens is 362 g/mol. The van der Waals surface area contributed by atoms with Crippen LogP contribution in [0.25, 0.3) is 0 Å². The topological polar surface area (TPSA) is 88.5 Å². The van der Waals surface area contributed by atoms with E-state index in [4.69, 9.17) is 0 Å². The quantitative estimate of drug-likeness (QED) is 0.851. The molecule has 1 aromatic carbocycles. The molecule has 0 atom stereocenters. The summed E-state index contributed by atoms with van der Waals surface area (Å²) in [5, 5.41) is 4.41. The Morgan fingerprint density at radius 3 is 2.40 bits per heavy atom. The van der Waals surface area contributed by atoms with Crippen molar-refractivity contribution in [1.82, 2.24) is 8.87 Å². The summed E-state index contributed by atoms with van der Waals surface area (Å²) in [7, 11) is -0.703. The number of thiazole rings is 1. The fourth-order valence-corrected chi connectivity index (χ4v) is 3.99. The van der Waals surface area contributed by atoms with Gasteiger partial charge >= 0.3 is 4.87 Å². The average Bonchev–Trinajstić information content (AvgIpc) is 2.83. The number of rotatable bonds is 5. The number of nitrogens with zero attached hydrogens (tertiary/aromatic N) is 2. The van der Waals surface area contributed by atoms with Crippen LogP contribution in [-0.2, 0) is 21.4 Å². The van der Waals surface area contributed by atoms with Crippen molar-refractivity contribution in [2.75, 3.05) is 19.4 Å². The maximum atomic E-state index is 12.3. The van der Waals surface area contributed by atoms with E-state index < -0.39 is 10.0 Å². The smallest absolute Gasteiger partial charge is 0.307 e. The minimum absolute atomic E-state index is 0.111. The third-order valence-corrected chi connectivity index (χ3v) is 6.65. The molecule has 0 aliphatic rings. The molecule has 0 bridgehead atoms. The molecule has 0 radical (unpaired) electrons. The molecule has 0 aliphatic heterocycles. The van der Waals surface area contributed by atoms with Gasteiger partial charge in [0.2, 0.25) is 15.9 Å². The zero-order chi connectivity index (χ0) is 18.9. The zero-order valence-corrected chi connectivity index (χ0v) is 16.4. The normalized spacial score (nSPS) is 11.8. The molecular formula is C16H21N3O4S2. The summed E-state index contributed by atoms with van der Waals surface area (Å²) in [4.78, 5) is 23.9. The molecule has 0 saturated carbocycles. The molecule has 1 heterocycles. The highest BCUT2D eigenvalue weighted by atomic mass is 32.2. The summed E-state index contributed by atoms with van der Waals surface area (Å²) in [6.07, 6.45) is 0. The van der Waals surface area contributed by atoms with Crippen LogP contribution in [0, 0.1) is 20.8 Å². The van der Waals surface area contributed by atoms with Gasteiger partial charge in [0.1, 0.15) is 6.54 Å². The lowest BCUT2D eigenvalue weighted by atomic mass is 10.1. The molecule has 7 nitrogen and oxygen atoms in total. The number of anilines is 1. The number of benzene rings is 1. The number of amides is 1. The first-order valence-corrected chi connectivity index (χ1v) is 9.84. The van der Waals surface area contributed by atoms with Crippen LogP contribution in [0.15, 0.2) is 27.2 Å². The molecule has 136 valence electrons. The lowest BCUT2D eigenvalue weighted by molar-refractivity contribution is -0.116. The van der Waals surface area contributed by atoms with E-state index in [9.17, 15) is 18.0 Å². The lowest BCUT2D eigenvalue weighted by Crippen LogP contribution is -2.26. The van der Waals surface area contributed by atoms with Gasteiger partial charge in [-0.2, -0.15) is 0 Å². The predicted molar refractivity (Wildman–Crippen MR) is 98.7 cm³/mol. The van der Waals surface area contributed by atoms with Crippen molar-refractivity contribution >= 4 is 33.0 Å². The van der Waals surface area contributed by atoms with E-state index in [-0.39, 0.29) is 22.2 Å². The van der Waals surface area contributed by atoms with E-state index in [1.807, 2.05) is 0 Å². The summed E-state index contributed by atoms with van der Waals surface area (Å²) in [6.45, 7) is 5.23. The number of hydrogen-bond acceptors (Lipinski definition) is 5. The maximum absolute atomic E-state index is 12.3. The molecule has 0 aliphatic carbocycles. The fraction of sp³-hybridized carbons (Fsp3) is 0.375. The van der Waals surface area contributed by atoms with Gasteiger partial charge in [0.25, 0.3) is 0 Å². The second kappa shape index (κ2) is 7.11. The van der Waals surface area contributed by atoms with Crippen LogP contribution in [0.5, 0.6) is 0 Å². The van der Waals surface area contributed by atoms with Gasteiger partial charge in [-0.05, 0) is 44.0 Å². The number of hydrogen-bond donors (Lipinski definition) is 1. The zero-order valence-electron chi connectivity index (χ0n) is 14.8. The van der Waals surface area contributed by atoms with E-state index in [1.165, 1.54) is 24.7 Å². The highest BCUT2D eigenvalue weighted by molar-refractivity contribution is 7.89. The van der Waals surface area contributed by atoms with Crippen molar-refractivity contribution in [2.45, 2.75) is 32.2 Å². The number of sulfonamides is 1. The molecule has 9 heteroatoms. The second-order valence-electron chi connectivity index (χ2n) is 5.98. The Morgan fingerprint density at radius 2 is 1.88 bits per heavy atom. The molecule has 1 amide bonds. The Kier molecular flexibility index (Phi) is 5.50. The summed E-state index contributed by atoms with van der Waals surface area (Å²) in [5.41, 5.74) is 2.66. The predicted octanol–water partition coefficient (Wildman–Crippen LogP) is 1.72. The molecule has 1 N–H and O–H groups in total. The van der Waals surface area contributed by atoms with Gasteiger partial charge in [0.15, 0.2) is 0 Å². The fourth-order valence-electron chi connectivity index (χ4n) is 2.25. The van der Waals surface area contributed by atoms with Gasteiger partial charge in [-0.15, -0.1) is 0 Å². The van der Waals surface area contributed by atoms with Crippen LogP contribution in [-0.4, -0.2) is 37.3 Å². The van der Waals surface area contributed by atoms with E-state index in [2.05, 4.69) is 5.32 Å². The van der Waals surface area contributed by atoms with E-state index in [0.717, 1.165) is 26.8 Å². The Bertz CT molecular complexity index is 972. The lowest BCUT2D eigenvalue weighted by Gasteiger charge is -2.16. The SMILES string of the molecule is Cc1cc(S(=O)(=O)N(C)C)cc(NC(=O)Cn2c(C)csc2=O)c1C. The minimum atomic E-state index is -3.61. The Labute approximate surface area is 151 Å². The second-order valence-corrected chi connectivity index (χ2v) is 8.95. The highest BCUT2D eigenvalue weighted by Gasteiger charge is 2.20. The Hall–Kier alpha value is -1.97. The number of aryl methyl sites for hydroxylation is 2. The van der Waals surface area contributed by atoms with Crippen molar-refractivity contribution in [3.63, 3.8) is 0 Å². The van der Waals surface area contributed by atoms with E-state index >= 15 is 0 Å². The standard InChI is InChI=1S/C16H21N3O4S2/c1-10-6-13(25(22,23)18(4)5)7-14(12(10)3)17-15(20)8-19-11(2)9-24-16(19)21/h6-7,9H,8H2,1-5H3,(H,17,20). The van der Waals surface area contributed by atoms with Crippen LogP contribution in [0.4, 0.5) is 5.69 Å². The van der Waals surface area contributed by atoms with Gasteiger partial charge in [-0.1, -0.05) is 11.3 Å². The van der Waals surface area contributed by atoms with Crippen molar-refractivity contribution in [2.24, 2.45) is 0 Å². The summed E-state index contributed by atoms with van der Waals surface area (Å²) < 4.78 is 27.2. The van der Waals surface area contributed by atoms with Gasteiger partial charge in [-0.3, -0.25) is 14.2 Å².